The van der Waals surface area contributed by atoms with Crippen LogP contribution in [0.3, 0.4) is 0 Å². The number of likely N-dealkylation sites (tertiary alicyclic amines) is 1. The second kappa shape index (κ2) is 7.16. The van der Waals surface area contributed by atoms with E-state index in [4.69, 9.17) is 0 Å². The molecule has 1 aliphatic rings. The molecule has 0 spiro atoms. The number of imidazole rings is 1. The summed E-state index contributed by atoms with van der Waals surface area (Å²) in [7, 11) is 0. The maximum Gasteiger partial charge on any atom is 0.222 e. The van der Waals surface area contributed by atoms with E-state index in [1.54, 1.807) is 6.20 Å². The van der Waals surface area contributed by atoms with E-state index in [0.29, 0.717) is 12.3 Å². The highest BCUT2D eigenvalue weighted by atomic mass is 16.2. The molecular formula is C19H26N4O. The van der Waals surface area contributed by atoms with Gasteiger partial charge < -0.3 is 9.47 Å². The number of hydrogen-bond acceptors (Lipinski definition) is 3. The van der Waals surface area contributed by atoms with E-state index in [1.807, 2.05) is 29.4 Å². The van der Waals surface area contributed by atoms with E-state index >= 15 is 0 Å². The average Bonchev–Trinajstić information content (AvgIpc) is 2.97. The fraction of sp³-hybridized carbons (Fsp3) is 0.526. The van der Waals surface area contributed by atoms with Gasteiger partial charge in [-0.1, -0.05) is 13.8 Å². The van der Waals surface area contributed by atoms with E-state index < -0.39 is 0 Å². The predicted octanol–water partition coefficient (Wildman–Crippen LogP) is 3.46. The van der Waals surface area contributed by atoms with Gasteiger partial charge in [-0.15, -0.1) is 0 Å². The molecule has 5 nitrogen and oxygen atoms in total. The van der Waals surface area contributed by atoms with Crippen LogP contribution in [0.1, 0.15) is 44.8 Å². The molecule has 24 heavy (non-hydrogen) atoms. The fourth-order valence-electron chi connectivity index (χ4n) is 3.49. The summed E-state index contributed by atoms with van der Waals surface area (Å²) in [6.07, 6.45) is 8.29. The van der Waals surface area contributed by atoms with Gasteiger partial charge in [0, 0.05) is 49.4 Å². The van der Waals surface area contributed by atoms with Gasteiger partial charge >= 0.3 is 0 Å². The number of amides is 1. The number of carbonyl (C=O) groups is 1. The summed E-state index contributed by atoms with van der Waals surface area (Å²) in [5.41, 5.74) is 2.16. The summed E-state index contributed by atoms with van der Waals surface area (Å²) >= 11 is 0. The number of rotatable bonds is 4. The highest BCUT2D eigenvalue weighted by Crippen LogP contribution is 2.29. The molecular weight excluding hydrogens is 300 g/mol. The van der Waals surface area contributed by atoms with E-state index in [9.17, 15) is 4.79 Å². The molecule has 0 aliphatic carbocycles. The van der Waals surface area contributed by atoms with Crippen molar-refractivity contribution in [2.75, 3.05) is 13.1 Å². The minimum atomic E-state index is 0.274. The third-order valence-corrected chi connectivity index (χ3v) is 4.60. The van der Waals surface area contributed by atoms with Crippen molar-refractivity contribution in [3.63, 3.8) is 0 Å². The topological polar surface area (TPSA) is 51.0 Å². The molecule has 3 rings (SSSR count). The van der Waals surface area contributed by atoms with Gasteiger partial charge in [0.15, 0.2) is 0 Å². The second-order valence-corrected chi connectivity index (χ2v) is 7.07. The van der Waals surface area contributed by atoms with E-state index in [0.717, 1.165) is 43.0 Å². The second-order valence-electron chi connectivity index (χ2n) is 7.07. The lowest BCUT2D eigenvalue weighted by Gasteiger charge is -2.35. The SMILES string of the molecule is Cc1cnc(-c2cccnc2)n1C1CCCN(C(=O)CC(C)C)C1. The van der Waals surface area contributed by atoms with E-state index in [2.05, 4.69) is 35.3 Å². The molecule has 1 fully saturated rings. The third-order valence-electron chi connectivity index (χ3n) is 4.60. The van der Waals surface area contributed by atoms with Gasteiger partial charge in [0.1, 0.15) is 5.82 Å². The van der Waals surface area contributed by atoms with Gasteiger partial charge in [-0.25, -0.2) is 4.98 Å². The first-order valence-electron chi connectivity index (χ1n) is 8.78. The summed E-state index contributed by atoms with van der Waals surface area (Å²) < 4.78 is 2.28. The Hall–Kier alpha value is -2.17. The number of aryl methyl sites for hydroxylation is 1. The summed E-state index contributed by atoms with van der Waals surface area (Å²) in [5, 5.41) is 0. The number of aromatic nitrogens is 3. The average molecular weight is 326 g/mol. The van der Waals surface area contributed by atoms with Gasteiger partial charge in [-0.05, 0) is 37.8 Å². The molecule has 0 radical (unpaired) electrons. The predicted molar refractivity (Wildman–Crippen MR) is 94.5 cm³/mol. The molecule has 3 heterocycles. The zero-order chi connectivity index (χ0) is 17.1. The van der Waals surface area contributed by atoms with Crippen LogP contribution in [0.25, 0.3) is 11.4 Å². The lowest BCUT2D eigenvalue weighted by atomic mass is 10.0. The van der Waals surface area contributed by atoms with Gasteiger partial charge in [0.25, 0.3) is 0 Å². The number of nitrogens with zero attached hydrogens (tertiary/aromatic N) is 4. The molecule has 2 aromatic heterocycles. The lowest BCUT2D eigenvalue weighted by Crippen LogP contribution is -2.41. The number of carbonyl (C=O) groups excluding carboxylic acids is 1. The monoisotopic (exact) mass is 326 g/mol. The van der Waals surface area contributed by atoms with Gasteiger partial charge in [-0.3, -0.25) is 9.78 Å². The first kappa shape index (κ1) is 16.7. The van der Waals surface area contributed by atoms with E-state index in [-0.39, 0.29) is 11.9 Å². The molecule has 0 saturated carbocycles. The number of piperidine rings is 1. The van der Waals surface area contributed by atoms with E-state index in [1.165, 1.54) is 0 Å². The number of pyridine rings is 1. The lowest BCUT2D eigenvalue weighted by molar-refractivity contribution is -0.133. The third kappa shape index (κ3) is 3.50. The van der Waals surface area contributed by atoms with Crippen molar-refractivity contribution in [1.82, 2.24) is 19.4 Å². The van der Waals surface area contributed by atoms with Crippen LogP contribution < -0.4 is 0 Å². The van der Waals surface area contributed by atoms with Crippen LogP contribution in [0.2, 0.25) is 0 Å². The Bertz CT molecular complexity index is 693. The highest BCUT2D eigenvalue weighted by molar-refractivity contribution is 5.76. The molecule has 1 saturated heterocycles. The Morgan fingerprint density at radius 3 is 2.92 bits per heavy atom. The Morgan fingerprint density at radius 1 is 1.38 bits per heavy atom. The first-order chi connectivity index (χ1) is 11.6. The molecule has 128 valence electrons. The molecule has 1 atom stereocenters. The van der Waals surface area contributed by atoms with Crippen molar-refractivity contribution in [2.45, 2.75) is 46.1 Å². The fourth-order valence-corrected chi connectivity index (χ4v) is 3.49. The zero-order valence-electron chi connectivity index (χ0n) is 14.8. The van der Waals surface area contributed by atoms with Crippen molar-refractivity contribution in [3.05, 3.63) is 36.4 Å². The normalized spacial score (nSPS) is 18.2. The molecule has 0 aromatic carbocycles. The van der Waals surface area contributed by atoms with Crippen LogP contribution in [0.5, 0.6) is 0 Å². The smallest absolute Gasteiger partial charge is 0.222 e. The van der Waals surface area contributed by atoms with Crippen molar-refractivity contribution in [2.24, 2.45) is 5.92 Å². The van der Waals surface area contributed by atoms with Crippen molar-refractivity contribution >= 4 is 5.91 Å². The summed E-state index contributed by atoms with van der Waals surface area (Å²) in [6, 6.07) is 4.26. The molecule has 1 amide bonds. The Morgan fingerprint density at radius 2 is 2.21 bits per heavy atom. The minimum Gasteiger partial charge on any atom is -0.341 e. The standard InChI is InChI=1S/C19H26N4O/c1-14(2)10-18(24)22-9-5-7-17(13-22)23-15(3)11-21-19(23)16-6-4-8-20-12-16/h4,6,8,11-12,14,17H,5,7,9-10,13H2,1-3H3. The maximum atomic E-state index is 12.5. The zero-order valence-corrected chi connectivity index (χ0v) is 14.8. The van der Waals surface area contributed by atoms with Gasteiger partial charge in [0.2, 0.25) is 5.91 Å². The molecule has 0 bridgehead atoms. The van der Waals surface area contributed by atoms with Crippen LogP contribution in [-0.4, -0.2) is 38.4 Å². The van der Waals surface area contributed by atoms with Gasteiger partial charge in [0.05, 0.1) is 6.04 Å². The van der Waals surface area contributed by atoms with Crippen molar-refractivity contribution in [1.29, 1.82) is 0 Å². The minimum absolute atomic E-state index is 0.274. The number of hydrogen-bond donors (Lipinski definition) is 0. The Balaban J connectivity index is 1.84. The van der Waals surface area contributed by atoms with Crippen LogP contribution in [0.4, 0.5) is 0 Å². The van der Waals surface area contributed by atoms with Crippen LogP contribution in [-0.2, 0) is 4.79 Å². The van der Waals surface area contributed by atoms with Crippen LogP contribution >= 0.6 is 0 Å². The largest absolute Gasteiger partial charge is 0.341 e. The van der Waals surface area contributed by atoms with Crippen molar-refractivity contribution in [3.8, 4) is 11.4 Å². The Labute approximate surface area is 143 Å². The summed E-state index contributed by atoms with van der Waals surface area (Å²) in [6.45, 7) is 7.93. The Kier molecular flexibility index (Phi) is 4.97. The molecule has 0 N–H and O–H groups in total. The van der Waals surface area contributed by atoms with Crippen molar-refractivity contribution < 1.29 is 4.79 Å². The first-order valence-corrected chi connectivity index (χ1v) is 8.78. The van der Waals surface area contributed by atoms with Crippen LogP contribution in [0, 0.1) is 12.8 Å². The highest BCUT2D eigenvalue weighted by Gasteiger charge is 2.27. The summed E-state index contributed by atoms with van der Waals surface area (Å²) in [4.78, 5) is 23.3. The van der Waals surface area contributed by atoms with Gasteiger partial charge in [-0.2, -0.15) is 0 Å². The molecule has 1 aliphatic heterocycles. The summed E-state index contributed by atoms with van der Waals surface area (Å²) in [5.74, 6) is 1.62. The molecule has 2 aromatic rings. The maximum absolute atomic E-state index is 12.5. The molecule has 5 heteroatoms. The quantitative estimate of drug-likeness (QED) is 0.864. The van der Waals surface area contributed by atoms with Crippen LogP contribution in [0.15, 0.2) is 30.7 Å². The molecule has 1 unspecified atom stereocenters.